The zero-order valence-electron chi connectivity index (χ0n) is 6.02. The van der Waals surface area contributed by atoms with E-state index in [0.717, 1.165) is 16.0 Å². The Morgan fingerprint density at radius 1 is 1.22 bits per heavy atom. The molecule has 0 radical (unpaired) electrons. The molecule has 1 aliphatic rings. The van der Waals surface area contributed by atoms with Gasteiger partial charge in [0.15, 0.2) is 0 Å². The highest BCUT2D eigenvalue weighted by atomic mass is 127. The van der Waals surface area contributed by atoms with Gasteiger partial charge in [-0.15, -0.1) is 0 Å². The molecule has 9 heavy (non-hydrogen) atoms. The van der Waals surface area contributed by atoms with Crippen molar-refractivity contribution in [2.75, 3.05) is 0 Å². The van der Waals surface area contributed by atoms with Crippen molar-refractivity contribution in [3.63, 3.8) is 0 Å². The normalized spacial score (nSPS) is 45.0. The van der Waals surface area contributed by atoms with Crippen LogP contribution in [0.1, 0.15) is 26.7 Å². The van der Waals surface area contributed by atoms with Crippen molar-refractivity contribution in [2.24, 2.45) is 0 Å². The van der Waals surface area contributed by atoms with Crippen LogP contribution in [0, 0.1) is 0 Å². The van der Waals surface area contributed by atoms with Gasteiger partial charge in [-0.1, -0.05) is 22.6 Å². The van der Waals surface area contributed by atoms with Gasteiger partial charge < -0.3 is 5.32 Å². The van der Waals surface area contributed by atoms with Crippen LogP contribution < -0.4 is 5.32 Å². The highest BCUT2D eigenvalue weighted by Gasteiger charge is 2.20. The molecule has 54 valence electrons. The Kier molecular flexibility index (Phi) is 2.76. The molecule has 0 aromatic carbocycles. The molecule has 0 spiro atoms. The maximum Gasteiger partial charge on any atom is 0.0139 e. The average molecular weight is 239 g/mol. The average Bonchev–Trinajstić information content (AvgIpc) is 1.59. The van der Waals surface area contributed by atoms with Gasteiger partial charge in [-0.2, -0.15) is 0 Å². The molecular formula is C7H14IN. The summed E-state index contributed by atoms with van der Waals surface area (Å²) in [4.78, 5) is 0. The van der Waals surface area contributed by atoms with E-state index in [9.17, 15) is 0 Å². The van der Waals surface area contributed by atoms with E-state index < -0.39 is 0 Å². The number of rotatable bonds is 0. The molecule has 1 nitrogen and oxygen atoms in total. The molecule has 2 heteroatoms. The topological polar surface area (TPSA) is 12.0 Å². The van der Waals surface area contributed by atoms with Gasteiger partial charge in [-0.25, -0.2) is 0 Å². The first-order valence-electron chi connectivity index (χ1n) is 3.58. The third-order valence-electron chi connectivity index (χ3n) is 1.79. The minimum atomic E-state index is 0.732. The van der Waals surface area contributed by atoms with Crippen molar-refractivity contribution in [2.45, 2.75) is 42.7 Å². The molecule has 0 amide bonds. The van der Waals surface area contributed by atoms with Crippen LogP contribution in [0.15, 0.2) is 0 Å². The Bertz CT molecular complexity index is 69.9. The number of hydrogen-bond acceptors (Lipinski definition) is 1. The van der Waals surface area contributed by atoms with E-state index in [1.807, 2.05) is 0 Å². The molecule has 1 fully saturated rings. The lowest BCUT2D eigenvalue weighted by molar-refractivity contribution is 0.367. The second kappa shape index (κ2) is 3.19. The molecule has 1 heterocycles. The summed E-state index contributed by atoms with van der Waals surface area (Å²) < 4.78 is 0.897. The molecule has 0 bridgehead atoms. The predicted molar refractivity (Wildman–Crippen MR) is 49.1 cm³/mol. The Hall–Kier alpha value is 0.690. The van der Waals surface area contributed by atoms with Crippen LogP contribution in [-0.4, -0.2) is 16.0 Å². The summed E-state index contributed by atoms with van der Waals surface area (Å²) >= 11 is 2.55. The molecule has 0 saturated carbocycles. The summed E-state index contributed by atoms with van der Waals surface area (Å²) in [6.07, 6.45) is 2.68. The van der Waals surface area contributed by atoms with E-state index in [4.69, 9.17) is 0 Å². The zero-order chi connectivity index (χ0) is 6.85. The summed E-state index contributed by atoms with van der Waals surface area (Å²) in [7, 11) is 0. The maximum atomic E-state index is 3.50. The number of hydrogen-bond donors (Lipinski definition) is 1. The van der Waals surface area contributed by atoms with Crippen LogP contribution in [0.3, 0.4) is 0 Å². The predicted octanol–water partition coefficient (Wildman–Crippen LogP) is 1.95. The SMILES string of the molecule is C[C@@H]1CC(I)C[C@H](C)N1. The molecule has 3 atom stereocenters. The first kappa shape index (κ1) is 7.79. The lowest BCUT2D eigenvalue weighted by Gasteiger charge is -2.29. The van der Waals surface area contributed by atoms with Crippen LogP contribution in [0.25, 0.3) is 0 Å². The van der Waals surface area contributed by atoms with Gasteiger partial charge in [0.25, 0.3) is 0 Å². The van der Waals surface area contributed by atoms with Crippen LogP contribution in [-0.2, 0) is 0 Å². The molecule has 1 N–H and O–H groups in total. The molecule has 1 saturated heterocycles. The second-order valence-corrected chi connectivity index (χ2v) is 4.80. The largest absolute Gasteiger partial charge is 0.312 e. The highest BCUT2D eigenvalue weighted by Crippen LogP contribution is 2.20. The van der Waals surface area contributed by atoms with Crippen molar-refractivity contribution >= 4 is 22.6 Å². The van der Waals surface area contributed by atoms with Gasteiger partial charge in [0.05, 0.1) is 0 Å². The van der Waals surface area contributed by atoms with E-state index in [2.05, 4.69) is 41.8 Å². The van der Waals surface area contributed by atoms with Gasteiger partial charge in [0.2, 0.25) is 0 Å². The standard InChI is InChI=1S/C7H14IN/c1-5-3-7(8)4-6(2)9-5/h5-7,9H,3-4H2,1-2H3/t5-,6+,7?. The van der Waals surface area contributed by atoms with Crippen molar-refractivity contribution in [3.8, 4) is 0 Å². The Labute approximate surface area is 70.7 Å². The quantitative estimate of drug-likeness (QED) is 0.503. The third kappa shape index (κ3) is 2.42. The van der Waals surface area contributed by atoms with Crippen LogP contribution in [0.2, 0.25) is 0 Å². The zero-order valence-corrected chi connectivity index (χ0v) is 8.18. The second-order valence-electron chi connectivity index (χ2n) is 3.04. The van der Waals surface area contributed by atoms with Crippen LogP contribution in [0.4, 0.5) is 0 Å². The van der Waals surface area contributed by atoms with Crippen LogP contribution in [0.5, 0.6) is 0 Å². The molecule has 1 unspecified atom stereocenters. The monoisotopic (exact) mass is 239 g/mol. The fourth-order valence-electron chi connectivity index (χ4n) is 1.49. The van der Waals surface area contributed by atoms with Crippen molar-refractivity contribution in [1.29, 1.82) is 0 Å². The molecule has 1 rings (SSSR count). The van der Waals surface area contributed by atoms with Gasteiger partial charge in [-0.3, -0.25) is 0 Å². The molecular weight excluding hydrogens is 225 g/mol. The molecule has 1 aliphatic heterocycles. The summed E-state index contributed by atoms with van der Waals surface area (Å²) in [5.74, 6) is 0. The van der Waals surface area contributed by atoms with E-state index >= 15 is 0 Å². The molecule has 0 aliphatic carbocycles. The first-order valence-corrected chi connectivity index (χ1v) is 4.83. The van der Waals surface area contributed by atoms with Crippen LogP contribution >= 0.6 is 22.6 Å². The van der Waals surface area contributed by atoms with E-state index in [0.29, 0.717) is 0 Å². The lowest BCUT2D eigenvalue weighted by atomic mass is 10.0. The summed E-state index contributed by atoms with van der Waals surface area (Å²) in [5.41, 5.74) is 0. The fraction of sp³-hybridized carbons (Fsp3) is 1.00. The highest BCUT2D eigenvalue weighted by molar-refractivity contribution is 14.1. The van der Waals surface area contributed by atoms with Gasteiger partial charge in [0.1, 0.15) is 0 Å². The molecule has 0 aromatic heterocycles. The van der Waals surface area contributed by atoms with Crippen molar-refractivity contribution in [1.82, 2.24) is 5.32 Å². The molecule has 0 aromatic rings. The summed E-state index contributed by atoms with van der Waals surface area (Å²) in [6.45, 7) is 4.53. The Balaban J connectivity index is 2.34. The number of alkyl halides is 1. The summed E-state index contributed by atoms with van der Waals surface area (Å²) in [5, 5.41) is 3.50. The summed E-state index contributed by atoms with van der Waals surface area (Å²) in [6, 6.07) is 1.46. The number of halogens is 1. The van der Waals surface area contributed by atoms with Gasteiger partial charge >= 0.3 is 0 Å². The van der Waals surface area contributed by atoms with Crippen molar-refractivity contribution in [3.05, 3.63) is 0 Å². The minimum absolute atomic E-state index is 0.732. The number of piperidine rings is 1. The number of nitrogens with one attached hydrogen (secondary N) is 1. The van der Waals surface area contributed by atoms with E-state index in [1.165, 1.54) is 12.8 Å². The third-order valence-corrected chi connectivity index (χ3v) is 2.80. The van der Waals surface area contributed by atoms with Gasteiger partial charge in [0, 0.05) is 16.0 Å². The van der Waals surface area contributed by atoms with E-state index in [1.54, 1.807) is 0 Å². The first-order chi connectivity index (χ1) is 4.18. The van der Waals surface area contributed by atoms with E-state index in [-0.39, 0.29) is 0 Å². The lowest BCUT2D eigenvalue weighted by Crippen LogP contribution is -2.42. The minimum Gasteiger partial charge on any atom is -0.312 e. The Morgan fingerprint density at radius 3 is 2.00 bits per heavy atom. The van der Waals surface area contributed by atoms with Crippen molar-refractivity contribution < 1.29 is 0 Å². The maximum absolute atomic E-state index is 3.50. The fourth-order valence-corrected chi connectivity index (χ4v) is 3.01. The Morgan fingerprint density at radius 2 is 1.67 bits per heavy atom. The smallest absolute Gasteiger partial charge is 0.0139 e. The van der Waals surface area contributed by atoms with Gasteiger partial charge in [-0.05, 0) is 26.7 Å².